The Morgan fingerprint density at radius 2 is 1.74 bits per heavy atom. The fourth-order valence-corrected chi connectivity index (χ4v) is 2.25. The van der Waals surface area contributed by atoms with Crippen LogP contribution in [0.4, 0.5) is 0 Å². The van der Waals surface area contributed by atoms with E-state index < -0.39 is 0 Å². The van der Waals surface area contributed by atoms with Crippen molar-refractivity contribution in [3.63, 3.8) is 0 Å². The molecule has 23 heavy (non-hydrogen) atoms. The molecule has 0 aliphatic rings. The maximum atomic E-state index is 12.4. The van der Waals surface area contributed by atoms with E-state index in [-0.39, 0.29) is 5.91 Å². The zero-order chi connectivity index (χ0) is 17.1. The Kier molecular flexibility index (Phi) is 8.88. The first kappa shape index (κ1) is 19.1. The van der Waals surface area contributed by atoms with Gasteiger partial charge in [0.25, 0.3) is 0 Å². The van der Waals surface area contributed by atoms with Gasteiger partial charge in [0.2, 0.25) is 5.91 Å². The third kappa shape index (κ3) is 6.35. The molecule has 0 spiro atoms. The highest BCUT2D eigenvalue weighted by Gasteiger charge is 2.10. The molecule has 0 saturated carbocycles. The van der Waals surface area contributed by atoms with E-state index >= 15 is 0 Å². The molecule has 0 heterocycles. The Hall–Kier alpha value is -1.97. The Labute approximate surface area is 140 Å². The molecule has 0 N–H and O–H groups in total. The Morgan fingerprint density at radius 3 is 2.26 bits per heavy atom. The highest BCUT2D eigenvalue weighted by molar-refractivity contribution is 5.92. The van der Waals surface area contributed by atoms with Crippen LogP contribution in [-0.4, -0.2) is 38.1 Å². The summed E-state index contributed by atoms with van der Waals surface area (Å²) in [5.41, 5.74) is 0.868. The first-order chi connectivity index (χ1) is 11.2. The van der Waals surface area contributed by atoms with Gasteiger partial charge in [-0.05, 0) is 31.1 Å². The Balaban J connectivity index is 2.81. The largest absolute Gasteiger partial charge is 0.497 e. The van der Waals surface area contributed by atoms with Crippen LogP contribution in [0.25, 0.3) is 6.08 Å². The summed E-state index contributed by atoms with van der Waals surface area (Å²) in [7, 11) is 3.23. The van der Waals surface area contributed by atoms with Gasteiger partial charge in [-0.3, -0.25) is 4.79 Å². The molecule has 1 aromatic rings. The van der Waals surface area contributed by atoms with Crippen LogP contribution in [0.2, 0.25) is 0 Å². The van der Waals surface area contributed by atoms with Crippen LogP contribution in [0.1, 0.15) is 45.1 Å². The van der Waals surface area contributed by atoms with Crippen molar-refractivity contribution in [3.05, 3.63) is 29.8 Å². The minimum Gasteiger partial charge on any atom is -0.497 e. The van der Waals surface area contributed by atoms with Gasteiger partial charge in [0, 0.05) is 30.8 Å². The molecule has 0 unspecified atom stereocenters. The van der Waals surface area contributed by atoms with E-state index in [2.05, 4.69) is 13.8 Å². The van der Waals surface area contributed by atoms with Crippen LogP contribution >= 0.6 is 0 Å². The van der Waals surface area contributed by atoms with Crippen LogP contribution in [0.3, 0.4) is 0 Å². The number of amides is 1. The number of hydrogen-bond donors (Lipinski definition) is 0. The summed E-state index contributed by atoms with van der Waals surface area (Å²) in [5, 5.41) is 0. The third-order valence-electron chi connectivity index (χ3n) is 3.72. The van der Waals surface area contributed by atoms with Gasteiger partial charge in [-0.15, -0.1) is 0 Å². The first-order valence-electron chi connectivity index (χ1n) is 8.35. The molecule has 0 bridgehead atoms. The molecule has 0 aliphatic heterocycles. The van der Waals surface area contributed by atoms with Crippen molar-refractivity contribution >= 4 is 12.0 Å². The topological polar surface area (TPSA) is 38.8 Å². The lowest BCUT2D eigenvalue weighted by molar-refractivity contribution is -0.126. The van der Waals surface area contributed by atoms with Crippen LogP contribution in [0, 0.1) is 0 Å². The molecule has 128 valence electrons. The van der Waals surface area contributed by atoms with Crippen molar-refractivity contribution in [1.82, 2.24) is 4.90 Å². The number of unbranched alkanes of at least 4 members (excludes halogenated alkanes) is 2. The summed E-state index contributed by atoms with van der Waals surface area (Å²) >= 11 is 0. The second kappa shape index (κ2) is 10.7. The van der Waals surface area contributed by atoms with Crippen LogP contribution < -0.4 is 9.47 Å². The number of ether oxygens (including phenoxy) is 2. The van der Waals surface area contributed by atoms with Crippen molar-refractivity contribution in [2.75, 3.05) is 27.3 Å². The average molecular weight is 319 g/mol. The number of hydrogen-bond acceptors (Lipinski definition) is 3. The summed E-state index contributed by atoms with van der Waals surface area (Å²) < 4.78 is 10.5. The Morgan fingerprint density at radius 1 is 1.09 bits per heavy atom. The maximum Gasteiger partial charge on any atom is 0.246 e. The molecule has 1 rings (SSSR count). The van der Waals surface area contributed by atoms with E-state index in [9.17, 15) is 4.79 Å². The average Bonchev–Trinajstić information content (AvgIpc) is 2.59. The van der Waals surface area contributed by atoms with E-state index in [0.29, 0.717) is 5.75 Å². The molecule has 1 amide bonds. The molecule has 4 heteroatoms. The number of benzene rings is 1. The lowest BCUT2D eigenvalue weighted by atomic mass is 10.1. The molecular formula is C19H29NO3. The fourth-order valence-electron chi connectivity index (χ4n) is 2.25. The lowest BCUT2D eigenvalue weighted by Crippen LogP contribution is -2.31. The van der Waals surface area contributed by atoms with Gasteiger partial charge in [-0.1, -0.05) is 26.7 Å². The molecule has 0 radical (unpaired) electrons. The van der Waals surface area contributed by atoms with Gasteiger partial charge in [-0.2, -0.15) is 0 Å². The Bertz CT molecular complexity index is 503. The highest BCUT2D eigenvalue weighted by atomic mass is 16.5. The number of rotatable bonds is 10. The van der Waals surface area contributed by atoms with Crippen LogP contribution in [0.15, 0.2) is 24.3 Å². The first-order valence-corrected chi connectivity index (χ1v) is 8.35. The molecule has 0 aliphatic carbocycles. The molecule has 1 aromatic carbocycles. The van der Waals surface area contributed by atoms with Gasteiger partial charge >= 0.3 is 0 Å². The lowest BCUT2D eigenvalue weighted by Gasteiger charge is -2.20. The molecule has 0 saturated heterocycles. The summed E-state index contributed by atoms with van der Waals surface area (Å²) in [6, 6.07) is 5.57. The standard InChI is InChI=1S/C19H29NO3/c1-5-7-13-20(14-8-6-2)19(21)12-10-16-9-11-17(22-3)15-18(16)23-4/h9-12,15H,5-8,13-14H2,1-4H3/b12-10+. The van der Waals surface area contributed by atoms with Gasteiger partial charge in [0.1, 0.15) is 11.5 Å². The van der Waals surface area contributed by atoms with Gasteiger partial charge < -0.3 is 14.4 Å². The third-order valence-corrected chi connectivity index (χ3v) is 3.72. The van der Waals surface area contributed by atoms with Crippen LogP contribution in [0.5, 0.6) is 11.5 Å². The van der Waals surface area contributed by atoms with Crippen molar-refractivity contribution < 1.29 is 14.3 Å². The minimum atomic E-state index is 0.0600. The summed E-state index contributed by atoms with van der Waals surface area (Å²) in [5.74, 6) is 1.49. The zero-order valence-electron chi connectivity index (χ0n) is 14.8. The molecular weight excluding hydrogens is 290 g/mol. The number of carbonyl (C=O) groups excluding carboxylic acids is 1. The fraction of sp³-hybridized carbons (Fsp3) is 0.526. The maximum absolute atomic E-state index is 12.4. The zero-order valence-corrected chi connectivity index (χ0v) is 14.8. The van der Waals surface area contributed by atoms with Crippen LogP contribution in [-0.2, 0) is 4.79 Å². The predicted octanol–water partition coefficient (Wildman–Crippen LogP) is 4.15. The summed E-state index contributed by atoms with van der Waals surface area (Å²) in [6.45, 7) is 5.92. The smallest absolute Gasteiger partial charge is 0.246 e. The summed E-state index contributed by atoms with van der Waals surface area (Å²) in [6.07, 6.45) is 7.70. The second-order valence-electron chi connectivity index (χ2n) is 5.47. The minimum absolute atomic E-state index is 0.0600. The van der Waals surface area contributed by atoms with E-state index in [1.807, 2.05) is 29.2 Å². The highest BCUT2D eigenvalue weighted by Crippen LogP contribution is 2.25. The quantitative estimate of drug-likeness (QED) is 0.608. The number of nitrogens with zero attached hydrogens (tertiary/aromatic N) is 1. The summed E-state index contributed by atoms with van der Waals surface area (Å²) in [4.78, 5) is 14.4. The predicted molar refractivity (Wildman–Crippen MR) is 95.0 cm³/mol. The number of carbonyl (C=O) groups is 1. The SMILES string of the molecule is CCCCN(CCCC)C(=O)/C=C/c1ccc(OC)cc1OC. The van der Waals surface area contributed by atoms with Crippen molar-refractivity contribution in [2.24, 2.45) is 0 Å². The molecule has 4 nitrogen and oxygen atoms in total. The molecule has 0 aromatic heterocycles. The van der Waals surface area contributed by atoms with E-state index in [1.54, 1.807) is 20.3 Å². The second-order valence-corrected chi connectivity index (χ2v) is 5.47. The van der Waals surface area contributed by atoms with Crippen molar-refractivity contribution in [2.45, 2.75) is 39.5 Å². The normalized spacial score (nSPS) is 10.8. The van der Waals surface area contributed by atoms with E-state index in [1.165, 1.54) is 0 Å². The van der Waals surface area contributed by atoms with Crippen molar-refractivity contribution in [3.8, 4) is 11.5 Å². The van der Waals surface area contributed by atoms with E-state index in [0.717, 1.165) is 50.1 Å². The number of methoxy groups -OCH3 is 2. The van der Waals surface area contributed by atoms with Gasteiger partial charge in [0.15, 0.2) is 0 Å². The van der Waals surface area contributed by atoms with E-state index in [4.69, 9.17) is 9.47 Å². The molecule has 0 atom stereocenters. The molecule has 0 fully saturated rings. The van der Waals surface area contributed by atoms with Gasteiger partial charge in [0.05, 0.1) is 14.2 Å². The van der Waals surface area contributed by atoms with Crippen molar-refractivity contribution in [1.29, 1.82) is 0 Å². The monoisotopic (exact) mass is 319 g/mol. The van der Waals surface area contributed by atoms with Gasteiger partial charge in [-0.25, -0.2) is 0 Å².